The van der Waals surface area contributed by atoms with Gasteiger partial charge in [0.1, 0.15) is 29.5 Å². The summed E-state index contributed by atoms with van der Waals surface area (Å²) in [5.74, 6) is -4.01. The van der Waals surface area contributed by atoms with Crippen molar-refractivity contribution >= 4 is 35.5 Å². The number of aliphatic carboxylic acids is 1. The summed E-state index contributed by atoms with van der Waals surface area (Å²) in [4.78, 5) is 58.7. The van der Waals surface area contributed by atoms with Crippen molar-refractivity contribution in [3.8, 4) is 0 Å². The first-order valence-electron chi connectivity index (χ1n) is 7.82. The van der Waals surface area contributed by atoms with Crippen molar-refractivity contribution < 1.29 is 34.1 Å². The van der Waals surface area contributed by atoms with Crippen molar-refractivity contribution in [1.82, 2.24) is 10.2 Å². The lowest BCUT2D eigenvalue weighted by Crippen LogP contribution is -2.70. The van der Waals surface area contributed by atoms with Crippen LogP contribution >= 0.6 is 11.8 Å². The summed E-state index contributed by atoms with van der Waals surface area (Å²) in [5.41, 5.74) is -0.763. The number of carboxylic acid groups (broad SMARTS) is 1. The van der Waals surface area contributed by atoms with Gasteiger partial charge in [-0.2, -0.15) is 0 Å². The number of nitrogens with one attached hydrogen (secondary N) is 1. The van der Waals surface area contributed by atoms with Crippen LogP contribution in [-0.2, 0) is 23.9 Å². The van der Waals surface area contributed by atoms with E-state index in [-0.39, 0.29) is 30.1 Å². The number of carbonyl (C=O) groups excluding carboxylic acids is 3. The van der Waals surface area contributed by atoms with E-state index in [0.29, 0.717) is 0 Å². The van der Waals surface area contributed by atoms with Gasteiger partial charge in [-0.15, -0.1) is 16.7 Å². The Bertz CT molecular complexity index is 775. The number of ether oxygens (including phenoxy) is 1. The molecule has 0 spiro atoms. The van der Waals surface area contributed by atoms with Crippen LogP contribution in [0.1, 0.15) is 20.3 Å². The lowest BCUT2D eigenvalue weighted by molar-refractivity contribution is -0.150. The van der Waals surface area contributed by atoms with Gasteiger partial charge < -0.3 is 20.3 Å². The van der Waals surface area contributed by atoms with Crippen LogP contribution < -0.4 is 5.32 Å². The topological polar surface area (TPSA) is 163 Å². The molecule has 2 atom stereocenters. The number of fused-ring (bicyclic) bond motifs is 1. The quantitative estimate of drug-likeness (QED) is 0.179. The molecule has 1 fully saturated rings. The molecule has 2 amide bonds. The zero-order valence-electron chi connectivity index (χ0n) is 14.4. The normalized spacial score (nSPS) is 22.3. The first-order chi connectivity index (χ1) is 12.7. The second kappa shape index (κ2) is 8.20. The third-order valence-electron chi connectivity index (χ3n) is 3.90. The smallest absolute Gasteiger partial charge is 0.352 e. The van der Waals surface area contributed by atoms with E-state index < -0.39 is 46.6 Å². The van der Waals surface area contributed by atoms with Gasteiger partial charge in [0.15, 0.2) is 0 Å². The Labute approximate surface area is 157 Å². The zero-order chi connectivity index (χ0) is 20.3. The predicted molar refractivity (Wildman–Crippen MR) is 92.1 cm³/mol. The number of allylic oxidation sites excluding steroid dienone is 1. The van der Waals surface area contributed by atoms with E-state index in [1.54, 1.807) is 0 Å². The van der Waals surface area contributed by atoms with Gasteiger partial charge in [0.25, 0.3) is 11.8 Å². The third kappa shape index (κ3) is 3.94. The van der Waals surface area contributed by atoms with E-state index in [0.717, 1.165) is 4.90 Å². The second-order valence-electron chi connectivity index (χ2n) is 5.64. The van der Waals surface area contributed by atoms with Crippen LogP contribution in [0.15, 0.2) is 27.9 Å². The molecule has 0 aromatic carbocycles. The summed E-state index contributed by atoms with van der Waals surface area (Å²) in [6, 6.07) is -1.08. The van der Waals surface area contributed by atoms with Crippen molar-refractivity contribution in [1.29, 1.82) is 0 Å². The van der Waals surface area contributed by atoms with Crippen LogP contribution in [0.25, 0.3) is 0 Å². The van der Waals surface area contributed by atoms with Gasteiger partial charge in [-0.05, 0) is 5.18 Å². The van der Waals surface area contributed by atoms with Crippen LogP contribution in [0.2, 0.25) is 0 Å². The highest BCUT2D eigenvalue weighted by molar-refractivity contribution is 8.00. The van der Waals surface area contributed by atoms with Crippen molar-refractivity contribution in [2.24, 2.45) is 5.18 Å². The molecule has 0 saturated carbocycles. The molecule has 0 aromatic heterocycles. The van der Waals surface area contributed by atoms with E-state index >= 15 is 0 Å². The number of aliphatic hydroxyl groups excluding tert-OH is 1. The first kappa shape index (κ1) is 20.4. The number of esters is 1. The van der Waals surface area contributed by atoms with E-state index in [1.165, 1.54) is 25.6 Å². The van der Waals surface area contributed by atoms with Gasteiger partial charge in [0.05, 0.1) is 0 Å². The Morgan fingerprint density at radius 1 is 1.37 bits per heavy atom. The Balaban J connectivity index is 2.20. The highest BCUT2D eigenvalue weighted by Gasteiger charge is 2.54. The molecule has 2 aliphatic heterocycles. The maximum Gasteiger partial charge on any atom is 0.352 e. The lowest BCUT2D eigenvalue weighted by atomic mass is 10.0. The maximum atomic E-state index is 12.4. The number of hydrogen-bond donors (Lipinski definition) is 3. The minimum absolute atomic E-state index is 0.00280. The van der Waals surface area contributed by atoms with E-state index in [9.17, 15) is 34.3 Å². The van der Waals surface area contributed by atoms with Crippen molar-refractivity contribution in [3.05, 3.63) is 27.6 Å². The van der Waals surface area contributed by atoms with Crippen molar-refractivity contribution in [2.75, 3.05) is 12.4 Å². The lowest BCUT2D eigenvalue weighted by Gasteiger charge is -2.49. The van der Waals surface area contributed by atoms with Crippen LogP contribution in [0, 0.1) is 4.91 Å². The highest BCUT2D eigenvalue weighted by Crippen LogP contribution is 2.40. The molecular weight excluding hydrogens is 382 g/mol. The number of nitroso groups, excluding NO2 is 1. The molecule has 2 heterocycles. The summed E-state index contributed by atoms with van der Waals surface area (Å²) < 4.78 is 4.82. The molecule has 2 aliphatic rings. The summed E-state index contributed by atoms with van der Waals surface area (Å²) in [6.45, 7) is 2.43. The Morgan fingerprint density at radius 3 is 2.56 bits per heavy atom. The summed E-state index contributed by atoms with van der Waals surface area (Å²) in [7, 11) is 0. The summed E-state index contributed by atoms with van der Waals surface area (Å²) >= 11 is 1.17. The van der Waals surface area contributed by atoms with Crippen molar-refractivity contribution in [3.63, 3.8) is 0 Å². The molecule has 3 N–H and O–H groups in total. The molecule has 0 bridgehead atoms. The van der Waals surface area contributed by atoms with Crippen LogP contribution in [0.5, 0.6) is 0 Å². The Hall–Kier alpha value is -2.89. The molecule has 1 saturated heterocycles. The van der Waals surface area contributed by atoms with Gasteiger partial charge in [0.2, 0.25) is 5.70 Å². The van der Waals surface area contributed by atoms with Crippen LogP contribution in [0.4, 0.5) is 0 Å². The van der Waals surface area contributed by atoms with Gasteiger partial charge in [-0.1, -0.05) is 6.92 Å². The first-order valence-corrected chi connectivity index (χ1v) is 8.87. The Morgan fingerprint density at radius 2 is 2.04 bits per heavy atom. The number of rotatable bonds is 7. The second-order valence-corrected chi connectivity index (χ2v) is 6.74. The molecule has 0 aliphatic carbocycles. The largest absolute Gasteiger partial charge is 0.510 e. The molecule has 0 unspecified atom stereocenters. The average molecular weight is 399 g/mol. The minimum atomic E-state index is -1.36. The number of hydrogen-bond acceptors (Lipinski definition) is 9. The van der Waals surface area contributed by atoms with Gasteiger partial charge in [-0.3, -0.25) is 19.3 Å². The fraction of sp³-hybridized carbons (Fsp3) is 0.467. The SMILES string of the molecule is CCC(O)=C(N=O)C(=O)N[C@@H]1C(=O)N2C(C(=O)O)=C(COC(C)=O)CS[C@H]12. The fourth-order valence-electron chi connectivity index (χ4n) is 2.59. The summed E-state index contributed by atoms with van der Waals surface area (Å²) in [5, 5.41) is 23.0. The van der Waals surface area contributed by atoms with Crippen LogP contribution in [0.3, 0.4) is 0 Å². The molecule has 2 rings (SSSR count). The van der Waals surface area contributed by atoms with E-state index in [1.807, 2.05) is 0 Å². The Kier molecular flexibility index (Phi) is 6.20. The van der Waals surface area contributed by atoms with E-state index in [2.05, 4.69) is 10.5 Å². The number of amides is 2. The maximum absolute atomic E-state index is 12.4. The molecule has 12 heteroatoms. The number of aliphatic hydroxyl groups is 1. The molecule has 146 valence electrons. The van der Waals surface area contributed by atoms with E-state index in [4.69, 9.17) is 4.74 Å². The predicted octanol–water partition coefficient (Wildman–Crippen LogP) is 0.234. The molecule has 11 nitrogen and oxygen atoms in total. The molecular formula is C15H17N3O8S. The van der Waals surface area contributed by atoms with Crippen molar-refractivity contribution in [2.45, 2.75) is 31.7 Å². The van der Waals surface area contributed by atoms with Gasteiger partial charge in [0, 0.05) is 24.7 Å². The third-order valence-corrected chi connectivity index (χ3v) is 5.24. The van der Waals surface area contributed by atoms with Crippen LogP contribution in [-0.4, -0.2) is 62.6 Å². The highest BCUT2D eigenvalue weighted by atomic mass is 32.2. The average Bonchev–Trinajstić information content (AvgIpc) is 2.63. The van der Waals surface area contributed by atoms with Gasteiger partial charge >= 0.3 is 11.9 Å². The number of carboxylic acids is 1. The number of thioether (sulfide) groups is 1. The zero-order valence-corrected chi connectivity index (χ0v) is 15.2. The number of nitrogens with zero attached hydrogens (tertiary/aromatic N) is 2. The minimum Gasteiger partial charge on any atom is -0.510 e. The molecule has 0 aromatic rings. The standard InChI is InChI=1S/C15H17N3O8S/c1-3-8(20)9(17-25)12(21)16-10-13(22)18-11(15(23)24)7(4-26-6(2)19)5-27-14(10)18/h10,14,20H,3-5H2,1-2H3,(H,16,21)(H,23,24)/t10-,14-/m1/s1. The number of carbonyl (C=O) groups is 4. The molecule has 27 heavy (non-hydrogen) atoms. The van der Waals surface area contributed by atoms with Gasteiger partial charge in [-0.25, -0.2) is 4.79 Å². The monoisotopic (exact) mass is 399 g/mol. The fourth-order valence-corrected chi connectivity index (χ4v) is 3.91. The molecule has 0 radical (unpaired) electrons. The number of β-lactam (4-membered cyclic amide) rings is 1. The summed E-state index contributed by atoms with van der Waals surface area (Å²) in [6.07, 6.45) is 0.00280.